The van der Waals surface area contributed by atoms with Gasteiger partial charge in [0.2, 0.25) is 5.91 Å². The van der Waals surface area contributed by atoms with Gasteiger partial charge in [-0.05, 0) is 44.6 Å². The predicted octanol–water partition coefficient (Wildman–Crippen LogP) is 2.44. The summed E-state index contributed by atoms with van der Waals surface area (Å²) in [5, 5.41) is 0. The Bertz CT molecular complexity index is 422. The molecule has 2 rings (SSSR count). The summed E-state index contributed by atoms with van der Waals surface area (Å²) >= 11 is 0. The number of amides is 1. The van der Waals surface area contributed by atoms with E-state index in [0.717, 1.165) is 45.3 Å². The van der Waals surface area contributed by atoms with Crippen LogP contribution in [0.3, 0.4) is 0 Å². The Morgan fingerprint density at radius 2 is 1.74 bits per heavy atom. The van der Waals surface area contributed by atoms with Gasteiger partial charge in [0.15, 0.2) is 0 Å². The standard InChI is InChI=1S/C18H32N2O3/c1-5-23-17(22)15-7-6-10-20(15)14-8-11-19(12-9-14)16(21)13-18(2,3)4/h14-15H,5-13H2,1-4H3/t15-/m1/s1. The van der Waals surface area contributed by atoms with E-state index in [-0.39, 0.29) is 23.3 Å². The molecular weight excluding hydrogens is 292 g/mol. The number of esters is 1. The summed E-state index contributed by atoms with van der Waals surface area (Å²) in [6.07, 6.45) is 4.50. The van der Waals surface area contributed by atoms with Crippen LogP contribution in [-0.2, 0) is 14.3 Å². The first kappa shape index (κ1) is 18.2. The van der Waals surface area contributed by atoms with Gasteiger partial charge < -0.3 is 9.64 Å². The maximum atomic E-state index is 12.3. The second-order valence-corrected chi connectivity index (χ2v) is 8.00. The third kappa shape index (κ3) is 4.93. The van der Waals surface area contributed by atoms with Gasteiger partial charge in [-0.25, -0.2) is 0 Å². The molecule has 5 heteroatoms. The van der Waals surface area contributed by atoms with Crippen molar-refractivity contribution in [3.8, 4) is 0 Å². The highest BCUT2D eigenvalue weighted by Gasteiger charge is 2.38. The summed E-state index contributed by atoms with van der Waals surface area (Å²) in [6.45, 7) is 11.2. The van der Waals surface area contributed by atoms with Gasteiger partial charge in [-0.15, -0.1) is 0 Å². The molecule has 0 radical (unpaired) electrons. The number of carbonyl (C=O) groups is 2. The lowest BCUT2D eigenvalue weighted by molar-refractivity contribution is -0.150. The zero-order valence-corrected chi connectivity index (χ0v) is 15.1. The highest BCUT2D eigenvalue weighted by Crippen LogP contribution is 2.28. The molecule has 23 heavy (non-hydrogen) atoms. The molecule has 0 aromatic carbocycles. The molecule has 0 aliphatic carbocycles. The topological polar surface area (TPSA) is 49.9 Å². The monoisotopic (exact) mass is 324 g/mol. The Hall–Kier alpha value is -1.10. The van der Waals surface area contributed by atoms with E-state index in [2.05, 4.69) is 25.7 Å². The van der Waals surface area contributed by atoms with E-state index < -0.39 is 0 Å². The summed E-state index contributed by atoms with van der Waals surface area (Å²) in [5.41, 5.74) is 0.0396. The van der Waals surface area contributed by atoms with Gasteiger partial charge in [0.1, 0.15) is 6.04 Å². The van der Waals surface area contributed by atoms with Crippen LogP contribution in [0.4, 0.5) is 0 Å². The first-order chi connectivity index (χ1) is 10.8. The number of hydrogen-bond donors (Lipinski definition) is 0. The van der Waals surface area contributed by atoms with E-state index in [9.17, 15) is 9.59 Å². The highest BCUT2D eigenvalue weighted by molar-refractivity contribution is 5.77. The molecule has 0 N–H and O–H groups in total. The third-order valence-corrected chi connectivity index (χ3v) is 4.82. The Morgan fingerprint density at radius 1 is 1.09 bits per heavy atom. The molecule has 1 atom stereocenters. The summed E-state index contributed by atoms with van der Waals surface area (Å²) in [7, 11) is 0. The molecule has 5 nitrogen and oxygen atoms in total. The maximum Gasteiger partial charge on any atom is 0.323 e. The third-order valence-electron chi connectivity index (χ3n) is 4.82. The minimum Gasteiger partial charge on any atom is -0.465 e. The van der Waals surface area contributed by atoms with Crippen LogP contribution in [0.15, 0.2) is 0 Å². The van der Waals surface area contributed by atoms with E-state index in [4.69, 9.17) is 4.74 Å². The fraction of sp³-hybridized carbons (Fsp3) is 0.889. The van der Waals surface area contributed by atoms with Gasteiger partial charge in [-0.3, -0.25) is 14.5 Å². The molecule has 0 unspecified atom stereocenters. The van der Waals surface area contributed by atoms with Crippen LogP contribution >= 0.6 is 0 Å². The molecule has 0 bridgehead atoms. The van der Waals surface area contributed by atoms with Crippen LogP contribution in [0.1, 0.15) is 59.8 Å². The molecule has 0 spiro atoms. The average Bonchev–Trinajstić information content (AvgIpc) is 2.95. The minimum atomic E-state index is -0.0729. The number of piperidine rings is 1. The van der Waals surface area contributed by atoms with Gasteiger partial charge in [0.25, 0.3) is 0 Å². The lowest BCUT2D eigenvalue weighted by atomic mass is 9.91. The normalized spacial score (nSPS) is 24.0. The van der Waals surface area contributed by atoms with Crippen molar-refractivity contribution in [2.24, 2.45) is 5.41 Å². The fourth-order valence-electron chi connectivity index (χ4n) is 3.73. The number of carbonyl (C=O) groups excluding carboxylic acids is 2. The van der Waals surface area contributed by atoms with Gasteiger partial charge in [0.05, 0.1) is 6.61 Å². The van der Waals surface area contributed by atoms with E-state index in [0.29, 0.717) is 19.1 Å². The smallest absolute Gasteiger partial charge is 0.323 e. The molecular formula is C18H32N2O3. The van der Waals surface area contributed by atoms with Crippen LogP contribution in [0.25, 0.3) is 0 Å². The molecule has 0 aromatic rings. The largest absolute Gasteiger partial charge is 0.465 e. The Balaban J connectivity index is 1.86. The molecule has 132 valence electrons. The fourth-order valence-corrected chi connectivity index (χ4v) is 3.73. The first-order valence-corrected chi connectivity index (χ1v) is 9.02. The quantitative estimate of drug-likeness (QED) is 0.745. The van der Waals surface area contributed by atoms with E-state index in [1.165, 1.54) is 0 Å². The molecule has 1 amide bonds. The van der Waals surface area contributed by atoms with Crippen molar-refractivity contribution in [3.05, 3.63) is 0 Å². The maximum absolute atomic E-state index is 12.3. The number of hydrogen-bond acceptors (Lipinski definition) is 4. The molecule has 2 fully saturated rings. The van der Waals surface area contributed by atoms with Crippen molar-refractivity contribution in [1.82, 2.24) is 9.80 Å². The SMILES string of the molecule is CCOC(=O)[C@H]1CCCN1C1CCN(C(=O)CC(C)(C)C)CC1. The first-order valence-electron chi connectivity index (χ1n) is 9.02. The van der Waals surface area contributed by atoms with Crippen LogP contribution in [0, 0.1) is 5.41 Å². The van der Waals surface area contributed by atoms with E-state index in [1.807, 2.05) is 11.8 Å². The zero-order chi connectivity index (χ0) is 17.0. The van der Waals surface area contributed by atoms with Crippen LogP contribution in [0.5, 0.6) is 0 Å². The number of ether oxygens (including phenoxy) is 1. The molecule has 0 aromatic heterocycles. The predicted molar refractivity (Wildman–Crippen MR) is 90.0 cm³/mol. The van der Waals surface area contributed by atoms with E-state index >= 15 is 0 Å². The average molecular weight is 324 g/mol. The van der Waals surface area contributed by atoms with Crippen molar-refractivity contribution < 1.29 is 14.3 Å². The Labute approximate surface area is 140 Å². The van der Waals surface area contributed by atoms with E-state index in [1.54, 1.807) is 0 Å². The number of likely N-dealkylation sites (tertiary alicyclic amines) is 2. The van der Waals surface area contributed by atoms with Crippen molar-refractivity contribution in [3.63, 3.8) is 0 Å². The molecule has 0 saturated carbocycles. The van der Waals surface area contributed by atoms with Crippen LogP contribution in [-0.4, -0.2) is 60.0 Å². The minimum absolute atomic E-state index is 0.0396. The second kappa shape index (κ2) is 7.65. The van der Waals surface area contributed by atoms with Gasteiger partial charge in [-0.2, -0.15) is 0 Å². The number of rotatable bonds is 4. The highest BCUT2D eigenvalue weighted by atomic mass is 16.5. The summed E-state index contributed by atoms with van der Waals surface area (Å²) < 4.78 is 5.22. The summed E-state index contributed by atoms with van der Waals surface area (Å²) in [5.74, 6) is 0.190. The summed E-state index contributed by atoms with van der Waals surface area (Å²) in [4.78, 5) is 28.8. The summed E-state index contributed by atoms with van der Waals surface area (Å²) in [6, 6.07) is 0.336. The zero-order valence-electron chi connectivity index (χ0n) is 15.1. The van der Waals surface area contributed by atoms with Crippen molar-refractivity contribution in [2.45, 2.75) is 71.9 Å². The lowest BCUT2D eigenvalue weighted by Gasteiger charge is -2.39. The van der Waals surface area contributed by atoms with Crippen LogP contribution in [0.2, 0.25) is 0 Å². The lowest BCUT2D eigenvalue weighted by Crippen LogP contribution is -2.50. The van der Waals surface area contributed by atoms with Crippen LogP contribution < -0.4 is 0 Å². The van der Waals surface area contributed by atoms with Gasteiger partial charge in [0, 0.05) is 25.6 Å². The Morgan fingerprint density at radius 3 is 2.30 bits per heavy atom. The van der Waals surface area contributed by atoms with Gasteiger partial charge in [-0.1, -0.05) is 20.8 Å². The van der Waals surface area contributed by atoms with Crippen molar-refractivity contribution in [1.29, 1.82) is 0 Å². The second-order valence-electron chi connectivity index (χ2n) is 8.00. The molecule has 2 saturated heterocycles. The van der Waals surface area contributed by atoms with Crippen molar-refractivity contribution >= 4 is 11.9 Å². The molecule has 2 aliphatic rings. The molecule has 2 heterocycles. The molecule has 2 aliphatic heterocycles. The Kier molecular flexibility index (Phi) is 6.06. The number of nitrogens with zero attached hydrogens (tertiary/aromatic N) is 2. The van der Waals surface area contributed by atoms with Gasteiger partial charge >= 0.3 is 5.97 Å². The van der Waals surface area contributed by atoms with Crippen molar-refractivity contribution in [2.75, 3.05) is 26.2 Å².